The van der Waals surface area contributed by atoms with E-state index in [9.17, 15) is 4.79 Å². The molecule has 0 aromatic carbocycles. The zero-order valence-corrected chi connectivity index (χ0v) is 11.7. The van der Waals surface area contributed by atoms with Crippen molar-refractivity contribution in [2.75, 3.05) is 0 Å². The molecule has 2 aliphatic rings. The summed E-state index contributed by atoms with van der Waals surface area (Å²) in [5, 5.41) is 0. The number of carbonyl (C=O) groups excluding carboxylic acids is 1. The van der Waals surface area contributed by atoms with Gasteiger partial charge in [-0.05, 0) is 24.2 Å². The summed E-state index contributed by atoms with van der Waals surface area (Å²) < 4.78 is 0. The molecular weight excluding hydrogens is 217 g/mol. The Kier molecular flexibility index (Phi) is 3.50. The minimum absolute atomic E-state index is 0. The van der Waals surface area contributed by atoms with Crippen molar-refractivity contribution in [3.05, 3.63) is 0 Å². The van der Waals surface area contributed by atoms with Gasteiger partial charge in [0.15, 0.2) is 0 Å². The molecule has 0 aromatic rings. The van der Waals surface area contributed by atoms with Crippen molar-refractivity contribution in [2.24, 2.45) is 16.7 Å². The van der Waals surface area contributed by atoms with E-state index in [0.29, 0.717) is 11.7 Å². The summed E-state index contributed by atoms with van der Waals surface area (Å²) in [5.41, 5.74) is 0.307. The molecule has 2 aliphatic carbocycles. The first-order valence-electron chi connectivity index (χ1n) is 4.52. The van der Waals surface area contributed by atoms with E-state index in [1.165, 1.54) is 6.42 Å². The van der Waals surface area contributed by atoms with Crippen LogP contribution in [0.1, 0.15) is 40.0 Å². The topological polar surface area (TPSA) is 45.6 Å². The minimum atomic E-state index is 0. The largest absolute Gasteiger partial charge is 2.00 e. The molecule has 2 saturated carbocycles. The SMILES string of the molecule is CC12CCC(CC1=O)C2(C)C.[O-2].[Zn+2]. The molecule has 2 fully saturated rings. The second kappa shape index (κ2) is 3.44. The standard InChI is InChI=1S/C10H16O.O.Zn/c1-9(2)7-4-5-10(9,3)8(11)6-7;;/h7H,4-6H2,1-3H3;;/q;-2;+2. The van der Waals surface area contributed by atoms with Gasteiger partial charge in [0.25, 0.3) is 0 Å². The van der Waals surface area contributed by atoms with Crippen LogP contribution in [0.15, 0.2) is 0 Å². The molecule has 0 aliphatic heterocycles. The first-order chi connectivity index (χ1) is 4.98. The van der Waals surface area contributed by atoms with Gasteiger partial charge in [0, 0.05) is 11.8 Å². The Balaban J connectivity index is 0.000000720. The zero-order chi connectivity index (χ0) is 8.28. The predicted molar refractivity (Wildman–Crippen MR) is 44.9 cm³/mol. The van der Waals surface area contributed by atoms with Gasteiger partial charge in [-0.15, -0.1) is 0 Å². The van der Waals surface area contributed by atoms with Crippen LogP contribution in [0.3, 0.4) is 0 Å². The molecule has 13 heavy (non-hydrogen) atoms. The fraction of sp³-hybridized carbons (Fsp3) is 0.900. The van der Waals surface area contributed by atoms with Gasteiger partial charge in [0.1, 0.15) is 5.78 Å². The first kappa shape index (κ1) is 13.3. The van der Waals surface area contributed by atoms with Crippen LogP contribution in [-0.4, -0.2) is 5.78 Å². The molecule has 0 aromatic heterocycles. The average molecular weight is 234 g/mol. The number of hydrogen-bond donors (Lipinski definition) is 0. The second-order valence-electron chi connectivity index (χ2n) is 4.92. The van der Waals surface area contributed by atoms with Crippen LogP contribution in [-0.2, 0) is 29.7 Å². The Bertz CT molecular complexity index is 225. The number of Topliss-reactive ketones (excluding diaryl/α,β-unsaturated/α-hetero) is 1. The monoisotopic (exact) mass is 232 g/mol. The van der Waals surface area contributed by atoms with Gasteiger partial charge >= 0.3 is 19.5 Å². The van der Waals surface area contributed by atoms with Crippen molar-refractivity contribution in [2.45, 2.75) is 40.0 Å². The van der Waals surface area contributed by atoms with Crippen LogP contribution in [0, 0.1) is 16.7 Å². The number of fused-ring (bicyclic) bond motifs is 2. The smallest absolute Gasteiger partial charge is 2.00 e. The van der Waals surface area contributed by atoms with Crippen LogP contribution in [0.25, 0.3) is 0 Å². The van der Waals surface area contributed by atoms with Crippen molar-refractivity contribution in [1.29, 1.82) is 0 Å². The molecule has 0 spiro atoms. The van der Waals surface area contributed by atoms with E-state index in [2.05, 4.69) is 20.8 Å². The van der Waals surface area contributed by atoms with Gasteiger partial charge in [-0.3, -0.25) is 4.79 Å². The Morgan fingerprint density at radius 3 is 2.00 bits per heavy atom. The molecule has 0 saturated heterocycles. The minimum Gasteiger partial charge on any atom is -2.00 e. The normalized spacial score (nSPS) is 39.6. The third-order valence-electron chi connectivity index (χ3n) is 4.48. The van der Waals surface area contributed by atoms with E-state index in [4.69, 9.17) is 0 Å². The van der Waals surface area contributed by atoms with Crippen LogP contribution < -0.4 is 0 Å². The molecule has 0 radical (unpaired) electrons. The van der Waals surface area contributed by atoms with E-state index in [1.807, 2.05) is 0 Å². The van der Waals surface area contributed by atoms with E-state index in [-0.39, 0.29) is 35.8 Å². The first-order valence-corrected chi connectivity index (χ1v) is 4.52. The Hall–Kier alpha value is 0.253. The third-order valence-corrected chi connectivity index (χ3v) is 4.48. The summed E-state index contributed by atoms with van der Waals surface area (Å²) in [5.74, 6) is 1.19. The van der Waals surface area contributed by atoms with Crippen molar-refractivity contribution in [3.8, 4) is 0 Å². The molecular formula is C10H16O2Zn. The van der Waals surface area contributed by atoms with E-state index in [0.717, 1.165) is 12.8 Å². The summed E-state index contributed by atoms with van der Waals surface area (Å²) in [7, 11) is 0. The molecule has 0 amide bonds. The molecule has 2 atom stereocenters. The number of hydrogen-bond acceptors (Lipinski definition) is 1. The van der Waals surface area contributed by atoms with Gasteiger partial charge in [-0.25, -0.2) is 0 Å². The maximum absolute atomic E-state index is 11.6. The van der Waals surface area contributed by atoms with Gasteiger partial charge in [-0.2, -0.15) is 0 Å². The molecule has 2 nitrogen and oxygen atoms in total. The quantitative estimate of drug-likeness (QED) is 0.592. The fourth-order valence-electron chi connectivity index (χ4n) is 2.90. The molecule has 0 N–H and O–H groups in total. The van der Waals surface area contributed by atoms with Crippen molar-refractivity contribution in [3.63, 3.8) is 0 Å². The fourth-order valence-corrected chi connectivity index (χ4v) is 2.90. The van der Waals surface area contributed by atoms with Gasteiger partial charge in [-0.1, -0.05) is 20.8 Å². The van der Waals surface area contributed by atoms with Crippen molar-refractivity contribution >= 4 is 5.78 Å². The van der Waals surface area contributed by atoms with Crippen molar-refractivity contribution in [1.82, 2.24) is 0 Å². The average Bonchev–Trinajstić information content (AvgIpc) is 2.20. The maximum Gasteiger partial charge on any atom is 2.00 e. The van der Waals surface area contributed by atoms with Gasteiger partial charge in [0.2, 0.25) is 0 Å². The number of ketones is 1. The molecule has 2 unspecified atom stereocenters. The van der Waals surface area contributed by atoms with Crippen LogP contribution in [0.5, 0.6) is 0 Å². The summed E-state index contributed by atoms with van der Waals surface area (Å²) in [4.78, 5) is 11.6. The summed E-state index contributed by atoms with van der Waals surface area (Å²) in [6.45, 7) is 6.67. The molecule has 70 valence electrons. The zero-order valence-electron chi connectivity index (χ0n) is 8.72. The Labute approximate surface area is 92.5 Å². The second-order valence-corrected chi connectivity index (χ2v) is 4.92. The van der Waals surface area contributed by atoms with Crippen LogP contribution in [0.4, 0.5) is 0 Å². The van der Waals surface area contributed by atoms with E-state index in [1.54, 1.807) is 0 Å². The maximum atomic E-state index is 11.6. The van der Waals surface area contributed by atoms with Gasteiger partial charge in [0.05, 0.1) is 0 Å². The van der Waals surface area contributed by atoms with Crippen molar-refractivity contribution < 1.29 is 29.7 Å². The molecule has 3 heteroatoms. The number of rotatable bonds is 0. The summed E-state index contributed by atoms with van der Waals surface area (Å²) in [6.07, 6.45) is 3.25. The van der Waals surface area contributed by atoms with E-state index < -0.39 is 0 Å². The summed E-state index contributed by atoms with van der Waals surface area (Å²) in [6, 6.07) is 0. The van der Waals surface area contributed by atoms with Crippen LogP contribution >= 0.6 is 0 Å². The molecule has 2 bridgehead atoms. The van der Waals surface area contributed by atoms with Gasteiger partial charge < -0.3 is 5.48 Å². The van der Waals surface area contributed by atoms with E-state index >= 15 is 0 Å². The Morgan fingerprint density at radius 2 is 1.85 bits per heavy atom. The summed E-state index contributed by atoms with van der Waals surface area (Å²) >= 11 is 0. The molecule has 2 rings (SSSR count). The predicted octanol–water partition coefficient (Wildman–Crippen LogP) is 2.28. The van der Waals surface area contributed by atoms with Crippen LogP contribution in [0.2, 0.25) is 0 Å². The number of carbonyl (C=O) groups is 1. The third kappa shape index (κ3) is 1.32. The Morgan fingerprint density at radius 1 is 1.31 bits per heavy atom. The molecule has 0 heterocycles.